The molecular formula is C29H34FN5O2S. The second kappa shape index (κ2) is 10.3. The molecule has 2 aromatic heterocycles. The van der Waals surface area contributed by atoms with E-state index in [-0.39, 0.29) is 10.9 Å². The molecule has 2 aliphatic heterocycles. The number of carbonyl (C=O) groups excluding carboxylic acids is 1. The van der Waals surface area contributed by atoms with Gasteiger partial charge in [-0.3, -0.25) is 18.9 Å². The maximum atomic E-state index is 15.6. The molecule has 4 aromatic rings. The Bertz CT molecular complexity index is 1560. The highest BCUT2D eigenvalue weighted by atomic mass is 32.1. The maximum absolute atomic E-state index is 15.6. The summed E-state index contributed by atoms with van der Waals surface area (Å²) < 4.78 is 18.5. The van der Waals surface area contributed by atoms with Gasteiger partial charge in [0.05, 0.1) is 26.8 Å². The molecule has 2 aromatic carbocycles. The second-order valence-electron chi connectivity index (χ2n) is 10.7. The van der Waals surface area contributed by atoms with E-state index in [0.29, 0.717) is 28.6 Å². The first-order valence-corrected chi connectivity index (χ1v) is 14.4. The van der Waals surface area contributed by atoms with Crippen molar-refractivity contribution < 1.29 is 9.18 Å². The molecule has 0 spiro atoms. The molecule has 0 atom stereocenters. The minimum absolute atomic E-state index is 0.0952. The Morgan fingerprint density at radius 3 is 2.50 bits per heavy atom. The number of thiazole rings is 1. The second-order valence-corrected chi connectivity index (χ2v) is 11.7. The third kappa shape index (κ3) is 4.46. The average molecular weight is 536 g/mol. The highest BCUT2D eigenvalue weighted by Gasteiger charge is 2.26. The first-order valence-electron chi connectivity index (χ1n) is 13.6. The molecule has 2 aliphatic rings. The summed E-state index contributed by atoms with van der Waals surface area (Å²) in [6.45, 7) is 10.9. The molecule has 0 bridgehead atoms. The molecule has 1 N–H and O–H groups in total. The quantitative estimate of drug-likeness (QED) is 0.402. The molecule has 2 saturated heterocycles. The Morgan fingerprint density at radius 1 is 1.03 bits per heavy atom. The maximum Gasteiger partial charge on any atom is 0.258 e. The number of hydrogen-bond acceptors (Lipinski definition) is 6. The predicted octanol–water partition coefficient (Wildman–Crippen LogP) is 4.16. The van der Waals surface area contributed by atoms with Crippen LogP contribution >= 0.6 is 11.3 Å². The summed E-state index contributed by atoms with van der Waals surface area (Å²) in [5, 5.41) is 3.20. The number of likely N-dealkylation sites (tertiary alicyclic amines) is 1. The van der Waals surface area contributed by atoms with Gasteiger partial charge in [-0.05, 0) is 64.0 Å². The topological polar surface area (TPSA) is 60.3 Å². The summed E-state index contributed by atoms with van der Waals surface area (Å²) in [6.07, 6.45) is 2.37. The molecule has 6 rings (SSSR count). The Labute approximate surface area is 225 Å². The summed E-state index contributed by atoms with van der Waals surface area (Å²) in [7, 11) is 0. The van der Waals surface area contributed by atoms with Gasteiger partial charge >= 0.3 is 0 Å². The van der Waals surface area contributed by atoms with E-state index < -0.39 is 17.2 Å². The van der Waals surface area contributed by atoms with Crippen LogP contribution < -0.4 is 15.6 Å². The molecule has 200 valence electrons. The van der Waals surface area contributed by atoms with Gasteiger partial charge in [0.1, 0.15) is 16.2 Å². The largest absolute Gasteiger partial charge is 0.367 e. The van der Waals surface area contributed by atoms with E-state index in [1.54, 1.807) is 6.07 Å². The van der Waals surface area contributed by atoms with E-state index in [2.05, 4.69) is 33.9 Å². The van der Waals surface area contributed by atoms with Crippen LogP contribution in [-0.2, 0) is 0 Å². The number of fused-ring (bicyclic) bond motifs is 5. The van der Waals surface area contributed by atoms with Crippen molar-refractivity contribution in [1.29, 1.82) is 0 Å². The molecule has 0 aliphatic carbocycles. The molecule has 1 amide bonds. The number of nitrogens with zero attached hydrogens (tertiary/aromatic N) is 4. The Balaban J connectivity index is 1.44. The van der Waals surface area contributed by atoms with E-state index in [9.17, 15) is 9.59 Å². The van der Waals surface area contributed by atoms with Gasteiger partial charge in [0.2, 0.25) is 5.43 Å². The van der Waals surface area contributed by atoms with Crippen LogP contribution in [0.15, 0.2) is 41.2 Å². The zero-order chi connectivity index (χ0) is 26.4. The van der Waals surface area contributed by atoms with Crippen LogP contribution in [0.25, 0.3) is 25.9 Å². The van der Waals surface area contributed by atoms with Crippen molar-refractivity contribution in [2.75, 3.05) is 57.3 Å². The SMILES string of the molecule is CC(C)N1CCN(c2cc3c(cc2F)c(=O)c(C(=O)NCCN2CCCC2)c2sc4ccccc4n23)CC1. The third-order valence-electron chi connectivity index (χ3n) is 8.03. The van der Waals surface area contributed by atoms with Crippen LogP contribution in [0.2, 0.25) is 0 Å². The summed E-state index contributed by atoms with van der Waals surface area (Å²) >= 11 is 1.43. The van der Waals surface area contributed by atoms with Crippen LogP contribution in [-0.4, -0.2) is 78.5 Å². The van der Waals surface area contributed by atoms with Gasteiger partial charge in [-0.1, -0.05) is 12.1 Å². The molecule has 38 heavy (non-hydrogen) atoms. The number of amides is 1. The minimum Gasteiger partial charge on any atom is -0.367 e. The first kappa shape index (κ1) is 25.3. The van der Waals surface area contributed by atoms with Gasteiger partial charge < -0.3 is 15.1 Å². The van der Waals surface area contributed by atoms with Gasteiger partial charge in [0.15, 0.2) is 0 Å². The van der Waals surface area contributed by atoms with Crippen molar-refractivity contribution in [2.45, 2.75) is 32.7 Å². The van der Waals surface area contributed by atoms with Gasteiger partial charge in [-0.25, -0.2) is 4.39 Å². The van der Waals surface area contributed by atoms with E-state index in [4.69, 9.17) is 0 Å². The summed E-state index contributed by atoms with van der Waals surface area (Å²) in [5.41, 5.74) is 1.73. The van der Waals surface area contributed by atoms with E-state index in [0.717, 1.165) is 56.0 Å². The molecule has 9 heteroatoms. The number of piperazine rings is 1. The lowest BCUT2D eigenvalue weighted by atomic mass is 10.1. The number of aromatic nitrogens is 1. The molecule has 7 nitrogen and oxygen atoms in total. The normalized spacial score (nSPS) is 17.4. The third-order valence-corrected chi connectivity index (χ3v) is 9.18. The lowest BCUT2D eigenvalue weighted by Gasteiger charge is -2.38. The fourth-order valence-corrected chi connectivity index (χ4v) is 7.08. The summed E-state index contributed by atoms with van der Waals surface area (Å²) in [5.74, 6) is -0.818. The number of nitrogens with one attached hydrogen (secondary N) is 1. The zero-order valence-corrected chi connectivity index (χ0v) is 22.8. The smallest absolute Gasteiger partial charge is 0.258 e. The highest BCUT2D eigenvalue weighted by molar-refractivity contribution is 7.24. The Morgan fingerprint density at radius 2 is 1.76 bits per heavy atom. The van der Waals surface area contributed by atoms with Gasteiger partial charge in [0.25, 0.3) is 5.91 Å². The molecular weight excluding hydrogens is 501 g/mol. The van der Waals surface area contributed by atoms with Gasteiger partial charge in [-0.2, -0.15) is 0 Å². The van der Waals surface area contributed by atoms with Crippen molar-refractivity contribution in [3.8, 4) is 0 Å². The molecule has 4 heterocycles. The van der Waals surface area contributed by atoms with Crippen molar-refractivity contribution >= 4 is 48.9 Å². The number of para-hydroxylation sites is 1. The van der Waals surface area contributed by atoms with Crippen molar-refractivity contribution in [1.82, 2.24) is 19.5 Å². The first-order chi connectivity index (χ1) is 18.4. The van der Waals surface area contributed by atoms with Gasteiger partial charge in [-0.15, -0.1) is 11.3 Å². The molecule has 2 fully saturated rings. The number of rotatable bonds is 6. The van der Waals surface area contributed by atoms with Crippen LogP contribution in [0.5, 0.6) is 0 Å². The van der Waals surface area contributed by atoms with E-state index in [1.807, 2.05) is 28.7 Å². The zero-order valence-electron chi connectivity index (χ0n) is 22.0. The average Bonchev–Trinajstić information content (AvgIpc) is 3.57. The minimum atomic E-state index is -0.424. The van der Waals surface area contributed by atoms with E-state index in [1.165, 1.54) is 30.2 Å². The summed E-state index contributed by atoms with van der Waals surface area (Å²) in [6, 6.07) is 11.5. The van der Waals surface area contributed by atoms with Crippen LogP contribution in [0, 0.1) is 5.82 Å². The van der Waals surface area contributed by atoms with Crippen molar-refractivity contribution in [3.63, 3.8) is 0 Å². The summed E-state index contributed by atoms with van der Waals surface area (Å²) in [4.78, 5) is 34.6. The number of hydrogen-bond donors (Lipinski definition) is 1. The Hall–Kier alpha value is -3.01. The molecule has 0 saturated carbocycles. The fourth-order valence-electron chi connectivity index (χ4n) is 5.88. The monoisotopic (exact) mass is 535 g/mol. The number of halogens is 1. The standard InChI is InChI=1S/C29H34FN5O2S/c1-19(2)33-13-15-34(16-14-33)24-18-23-20(17-21(24)30)27(36)26(28(37)31-9-12-32-10-5-6-11-32)29-35(23)22-7-3-4-8-25(22)38-29/h3-4,7-8,17-19H,5-6,9-16H2,1-2H3,(H,31,37). The van der Waals surface area contributed by atoms with Crippen LogP contribution in [0.1, 0.15) is 37.0 Å². The van der Waals surface area contributed by atoms with Gasteiger partial charge in [0, 0.05) is 45.3 Å². The number of pyridine rings is 1. The fraction of sp³-hybridized carbons (Fsp3) is 0.448. The Kier molecular flexibility index (Phi) is 6.84. The van der Waals surface area contributed by atoms with Crippen LogP contribution in [0.4, 0.5) is 10.1 Å². The number of carbonyl (C=O) groups is 1. The van der Waals surface area contributed by atoms with E-state index >= 15 is 4.39 Å². The van der Waals surface area contributed by atoms with Crippen LogP contribution in [0.3, 0.4) is 0 Å². The number of anilines is 1. The lowest BCUT2D eigenvalue weighted by Crippen LogP contribution is -2.49. The molecule has 0 unspecified atom stereocenters. The highest BCUT2D eigenvalue weighted by Crippen LogP contribution is 2.34. The number of benzene rings is 2. The van der Waals surface area contributed by atoms with Crippen molar-refractivity contribution in [2.24, 2.45) is 0 Å². The molecule has 0 radical (unpaired) electrons. The van der Waals surface area contributed by atoms with Crippen molar-refractivity contribution in [3.05, 3.63) is 58.0 Å². The lowest BCUT2D eigenvalue weighted by molar-refractivity contribution is 0.0950. The predicted molar refractivity (Wildman–Crippen MR) is 153 cm³/mol.